The first kappa shape index (κ1) is 11.2. The van der Waals surface area contributed by atoms with E-state index in [1.807, 2.05) is 6.07 Å². The second-order valence-electron chi connectivity index (χ2n) is 3.81. The Morgan fingerprint density at radius 1 is 1.31 bits per heavy atom. The normalized spacial score (nSPS) is 14.4. The highest BCUT2D eigenvalue weighted by Crippen LogP contribution is 2.24. The van der Waals surface area contributed by atoms with Gasteiger partial charge in [0.05, 0.1) is 11.4 Å². The zero-order valence-electron chi connectivity index (χ0n) is 8.86. The van der Waals surface area contributed by atoms with Crippen LogP contribution >= 0.6 is 0 Å². The Kier molecular flexibility index (Phi) is 2.99. The lowest BCUT2D eigenvalue weighted by Crippen LogP contribution is -2.24. The van der Waals surface area contributed by atoms with Crippen LogP contribution in [0.2, 0.25) is 0 Å². The summed E-state index contributed by atoms with van der Waals surface area (Å²) in [6.45, 7) is 0.0272. The molecule has 0 radical (unpaired) electrons. The Bertz CT molecular complexity index is 541. The van der Waals surface area contributed by atoms with E-state index >= 15 is 0 Å². The van der Waals surface area contributed by atoms with Gasteiger partial charge in [0.1, 0.15) is 0 Å². The molecule has 16 heavy (non-hydrogen) atoms. The molecule has 0 saturated carbocycles. The van der Waals surface area contributed by atoms with Crippen molar-refractivity contribution in [1.82, 2.24) is 4.72 Å². The summed E-state index contributed by atoms with van der Waals surface area (Å²) in [6.07, 6.45) is 8.15. The molecule has 0 aliphatic heterocycles. The minimum absolute atomic E-state index is 0.0272. The van der Waals surface area contributed by atoms with Crippen molar-refractivity contribution in [3.05, 3.63) is 29.3 Å². The molecule has 84 valence electrons. The summed E-state index contributed by atoms with van der Waals surface area (Å²) in [5.41, 5.74) is 2.40. The molecule has 0 unspecified atom stereocenters. The van der Waals surface area contributed by atoms with E-state index in [1.54, 1.807) is 12.1 Å². The number of hydrogen-bond acceptors (Lipinski definition) is 2. The molecular formula is C12H13NO2S. The van der Waals surface area contributed by atoms with E-state index < -0.39 is 10.0 Å². The first-order valence-corrected chi connectivity index (χ1v) is 6.67. The van der Waals surface area contributed by atoms with Gasteiger partial charge < -0.3 is 0 Å². The zero-order valence-corrected chi connectivity index (χ0v) is 9.68. The van der Waals surface area contributed by atoms with E-state index in [4.69, 9.17) is 6.42 Å². The number of fused-ring (bicyclic) bond motifs is 1. The van der Waals surface area contributed by atoms with Crippen LogP contribution in [0.1, 0.15) is 17.5 Å². The fourth-order valence-corrected chi connectivity index (χ4v) is 2.92. The van der Waals surface area contributed by atoms with Crippen LogP contribution in [0.4, 0.5) is 0 Å². The molecule has 1 aromatic rings. The van der Waals surface area contributed by atoms with Crippen LogP contribution in [0.15, 0.2) is 23.1 Å². The molecule has 0 bridgehead atoms. The van der Waals surface area contributed by atoms with E-state index in [-0.39, 0.29) is 6.54 Å². The lowest BCUT2D eigenvalue weighted by atomic mass is 10.1. The minimum atomic E-state index is -3.44. The van der Waals surface area contributed by atoms with Crippen LogP contribution < -0.4 is 4.72 Å². The van der Waals surface area contributed by atoms with E-state index in [9.17, 15) is 8.42 Å². The van der Waals surface area contributed by atoms with Crippen LogP contribution in [0.25, 0.3) is 0 Å². The van der Waals surface area contributed by atoms with Crippen LogP contribution in [0.3, 0.4) is 0 Å². The van der Waals surface area contributed by atoms with Crippen LogP contribution in [-0.2, 0) is 22.9 Å². The molecule has 1 aliphatic rings. The van der Waals surface area contributed by atoms with Gasteiger partial charge in [-0.05, 0) is 42.5 Å². The van der Waals surface area contributed by atoms with Crippen molar-refractivity contribution in [3.63, 3.8) is 0 Å². The maximum atomic E-state index is 11.8. The Labute approximate surface area is 95.9 Å². The molecule has 1 N–H and O–H groups in total. The molecule has 4 heteroatoms. The first-order valence-electron chi connectivity index (χ1n) is 5.18. The number of sulfonamides is 1. The predicted molar refractivity (Wildman–Crippen MR) is 62.5 cm³/mol. The van der Waals surface area contributed by atoms with E-state index in [2.05, 4.69) is 10.6 Å². The van der Waals surface area contributed by atoms with Crippen LogP contribution in [0.5, 0.6) is 0 Å². The third-order valence-corrected chi connectivity index (χ3v) is 4.14. The molecule has 0 saturated heterocycles. The van der Waals surface area contributed by atoms with E-state index in [0.717, 1.165) is 24.8 Å². The fourth-order valence-electron chi connectivity index (χ4n) is 1.94. The molecule has 0 aromatic heterocycles. The van der Waals surface area contributed by atoms with Crippen molar-refractivity contribution >= 4 is 10.0 Å². The summed E-state index contributed by atoms with van der Waals surface area (Å²) in [5, 5.41) is 0. The van der Waals surface area contributed by atoms with Gasteiger partial charge >= 0.3 is 0 Å². The molecule has 0 fully saturated rings. The average molecular weight is 235 g/mol. The topological polar surface area (TPSA) is 46.2 Å². The Morgan fingerprint density at radius 2 is 2.06 bits per heavy atom. The SMILES string of the molecule is C#CCNS(=O)(=O)c1ccc2c(c1)CCC2. The highest BCUT2D eigenvalue weighted by Gasteiger charge is 2.17. The lowest BCUT2D eigenvalue weighted by Gasteiger charge is -2.06. The summed E-state index contributed by atoms with van der Waals surface area (Å²) in [7, 11) is -3.44. The van der Waals surface area contributed by atoms with Crippen molar-refractivity contribution in [3.8, 4) is 12.3 Å². The maximum absolute atomic E-state index is 11.8. The highest BCUT2D eigenvalue weighted by molar-refractivity contribution is 7.89. The first-order chi connectivity index (χ1) is 7.63. The smallest absolute Gasteiger partial charge is 0.207 e. The average Bonchev–Trinajstić information content (AvgIpc) is 2.73. The van der Waals surface area contributed by atoms with Gasteiger partial charge in [-0.25, -0.2) is 8.42 Å². The van der Waals surface area contributed by atoms with Crippen molar-refractivity contribution in [1.29, 1.82) is 0 Å². The molecule has 1 aromatic carbocycles. The summed E-state index contributed by atoms with van der Waals surface area (Å²) < 4.78 is 25.9. The number of hydrogen-bond donors (Lipinski definition) is 1. The predicted octanol–water partition coefficient (Wildman–Crippen LogP) is 1.09. The molecule has 1 aliphatic carbocycles. The maximum Gasteiger partial charge on any atom is 0.241 e. The van der Waals surface area contributed by atoms with Gasteiger partial charge in [-0.3, -0.25) is 0 Å². The minimum Gasteiger partial charge on any atom is -0.207 e. The molecule has 0 atom stereocenters. The molecule has 0 spiro atoms. The van der Waals surface area contributed by atoms with Crippen LogP contribution in [-0.4, -0.2) is 15.0 Å². The second-order valence-corrected chi connectivity index (χ2v) is 5.58. The van der Waals surface area contributed by atoms with Crippen molar-refractivity contribution < 1.29 is 8.42 Å². The largest absolute Gasteiger partial charge is 0.241 e. The van der Waals surface area contributed by atoms with Gasteiger partial charge in [0.25, 0.3) is 0 Å². The molecule has 0 amide bonds. The molecule has 0 heterocycles. The highest BCUT2D eigenvalue weighted by atomic mass is 32.2. The summed E-state index contributed by atoms with van der Waals surface area (Å²) in [6, 6.07) is 5.29. The van der Waals surface area contributed by atoms with Crippen molar-refractivity contribution in [2.75, 3.05) is 6.54 Å². The lowest BCUT2D eigenvalue weighted by molar-refractivity contribution is 0.586. The van der Waals surface area contributed by atoms with E-state index in [0.29, 0.717) is 4.90 Å². The van der Waals surface area contributed by atoms with Gasteiger partial charge in [-0.15, -0.1) is 6.42 Å². The van der Waals surface area contributed by atoms with E-state index in [1.165, 1.54) is 5.56 Å². The zero-order chi connectivity index (χ0) is 11.6. The van der Waals surface area contributed by atoms with Gasteiger partial charge in [-0.2, -0.15) is 4.72 Å². The number of benzene rings is 1. The third-order valence-electron chi connectivity index (χ3n) is 2.74. The molecule has 3 nitrogen and oxygen atoms in total. The number of rotatable bonds is 3. The van der Waals surface area contributed by atoms with Crippen LogP contribution in [0, 0.1) is 12.3 Å². The quantitative estimate of drug-likeness (QED) is 0.797. The van der Waals surface area contributed by atoms with Crippen molar-refractivity contribution in [2.24, 2.45) is 0 Å². The summed E-state index contributed by atoms with van der Waals surface area (Å²) >= 11 is 0. The fraction of sp³-hybridized carbons (Fsp3) is 0.333. The van der Waals surface area contributed by atoms with Crippen molar-refractivity contribution in [2.45, 2.75) is 24.2 Å². The Balaban J connectivity index is 2.32. The standard InChI is InChI=1S/C12H13NO2S/c1-2-8-13-16(14,15)12-7-6-10-4-3-5-11(10)9-12/h1,6-7,9,13H,3-5,8H2. The summed E-state index contributed by atoms with van der Waals surface area (Å²) in [5.74, 6) is 2.26. The molecule has 2 rings (SSSR count). The summed E-state index contributed by atoms with van der Waals surface area (Å²) in [4.78, 5) is 0.309. The Morgan fingerprint density at radius 3 is 2.81 bits per heavy atom. The third kappa shape index (κ3) is 2.11. The number of aryl methyl sites for hydroxylation is 2. The van der Waals surface area contributed by atoms with Gasteiger partial charge in [0.15, 0.2) is 0 Å². The van der Waals surface area contributed by atoms with Gasteiger partial charge in [0.2, 0.25) is 10.0 Å². The van der Waals surface area contributed by atoms with Gasteiger partial charge in [0, 0.05) is 0 Å². The monoisotopic (exact) mass is 235 g/mol. The second kappa shape index (κ2) is 4.28. The Hall–Kier alpha value is -1.31. The molecular weight excluding hydrogens is 222 g/mol. The van der Waals surface area contributed by atoms with Gasteiger partial charge in [-0.1, -0.05) is 12.0 Å². The number of nitrogens with one attached hydrogen (secondary N) is 1. The number of terminal acetylenes is 1.